The van der Waals surface area contributed by atoms with Crippen LogP contribution >= 0.6 is 11.6 Å². The van der Waals surface area contributed by atoms with E-state index in [0.29, 0.717) is 6.54 Å². The van der Waals surface area contributed by atoms with Crippen LogP contribution in [0.3, 0.4) is 0 Å². The van der Waals surface area contributed by atoms with Crippen LogP contribution in [0.5, 0.6) is 0 Å². The Hall–Kier alpha value is -1.02. The van der Waals surface area contributed by atoms with E-state index in [4.69, 9.17) is 11.6 Å². The second-order valence-electron chi connectivity index (χ2n) is 3.84. The number of halogens is 1. The van der Waals surface area contributed by atoms with E-state index in [-0.39, 0.29) is 11.3 Å². The molecule has 82 valence electrons. The van der Waals surface area contributed by atoms with Gasteiger partial charge in [-0.1, -0.05) is 17.7 Å². The second kappa shape index (κ2) is 5.17. The fourth-order valence-electron chi connectivity index (χ4n) is 1.46. The van der Waals surface area contributed by atoms with Gasteiger partial charge in [0.05, 0.1) is 0 Å². The van der Waals surface area contributed by atoms with Gasteiger partial charge in [0.15, 0.2) is 0 Å². The lowest BCUT2D eigenvalue weighted by molar-refractivity contribution is 0.0796. The van der Waals surface area contributed by atoms with E-state index in [0.717, 1.165) is 11.1 Å². The van der Waals surface area contributed by atoms with E-state index in [1.807, 2.05) is 38.1 Å². The SMILES string of the molecule is Cc1cccc(C(=O)N(C)CC(C)Cl)c1. The number of hydrogen-bond acceptors (Lipinski definition) is 1. The monoisotopic (exact) mass is 225 g/mol. The van der Waals surface area contributed by atoms with Crippen LogP contribution in [0.15, 0.2) is 24.3 Å². The van der Waals surface area contributed by atoms with Crippen molar-refractivity contribution in [3.8, 4) is 0 Å². The standard InChI is InChI=1S/C12H16ClNO/c1-9-5-4-6-11(7-9)12(15)14(3)8-10(2)13/h4-7,10H,8H2,1-3H3. The summed E-state index contributed by atoms with van der Waals surface area (Å²) >= 11 is 5.84. The molecular formula is C12H16ClNO. The molecule has 0 aliphatic heterocycles. The quantitative estimate of drug-likeness (QED) is 0.725. The summed E-state index contributed by atoms with van der Waals surface area (Å²) in [7, 11) is 1.77. The number of aryl methyl sites for hydroxylation is 1. The zero-order chi connectivity index (χ0) is 11.4. The van der Waals surface area contributed by atoms with Crippen molar-refractivity contribution >= 4 is 17.5 Å². The van der Waals surface area contributed by atoms with Crippen molar-refractivity contribution in [1.82, 2.24) is 4.90 Å². The molecule has 0 aliphatic rings. The molecule has 1 amide bonds. The number of carbonyl (C=O) groups excluding carboxylic acids is 1. The molecule has 3 heteroatoms. The van der Waals surface area contributed by atoms with Crippen molar-refractivity contribution in [1.29, 1.82) is 0 Å². The number of hydrogen-bond donors (Lipinski definition) is 0. The summed E-state index contributed by atoms with van der Waals surface area (Å²) in [6.45, 7) is 4.41. The van der Waals surface area contributed by atoms with Crippen molar-refractivity contribution < 1.29 is 4.79 Å². The van der Waals surface area contributed by atoms with Gasteiger partial charge in [0.2, 0.25) is 0 Å². The first-order valence-electron chi connectivity index (χ1n) is 4.97. The Labute approximate surface area is 95.8 Å². The van der Waals surface area contributed by atoms with Gasteiger partial charge >= 0.3 is 0 Å². The first-order chi connectivity index (χ1) is 7.00. The van der Waals surface area contributed by atoms with Crippen molar-refractivity contribution in [3.05, 3.63) is 35.4 Å². The van der Waals surface area contributed by atoms with Gasteiger partial charge in [-0.05, 0) is 26.0 Å². The van der Waals surface area contributed by atoms with Crippen LogP contribution in [0.2, 0.25) is 0 Å². The maximum Gasteiger partial charge on any atom is 0.253 e. The number of amides is 1. The first kappa shape index (κ1) is 12.1. The minimum Gasteiger partial charge on any atom is -0.340 e. The molecule has 0 saturated carbocycles. The van der Waals surface area contributed by atoms with Crippen LogP contribution in [0.25, 0.3) is 0 Å². The molecule has 0 radical (unpaired) electrons. The fourth-order valence-corrected chi connectivity index (χ4v) is 1.67. The molecule has 1 rings (SSSR count). The van der Waals surface area contributed by atoms with Crippen molar-refractivity contribution in [2.75, 3.05) is 13.6 Å². The van der Waals surface area contributed by atoms with E-state index in [2.05, 4.69) is 0 Å². The van der Waals surface area contributed by atoms with Crippen LogP contribution in [-0.2, 0) is 0 Å². The average molecular weight is 226 g/mol. The number of nitrogens with zero attached hydrogens (tertiary/aromatic N) is 1. The van der Waals surface area contributed by atoms with Gasteiger partial charge in [-0.3, -0.25) is 4.79 Å². The molecular weight excluding hydrogens is 210 g/mol. The molecule has 0 saturated heterocycles. The molecule has 0 N–H and O–H groups in total. The lowest BCUT2D eigenvalue weighted by atomic mass is 10.1. The van der Waals surface area contributed by atoms with E-state index in [9.17, 15) is 4.79 Å². The summed E-state index contributed by atoms with van der Waals surface area (Å²) in [6, 6.07) is 7.57. The Balaban J connectivity index is 2.76. The largest absolute Gasteiger partial charge is 0.340 e. The van der Waals surface area contributed by atoms with E-state index >= 15 is 0 Å². The first-order valence-corrected chi connectivity index (χ1v) is 5.40. The fraction of sp³-hybridized carbons (Fsp3) is 0.417. The van der Waals surface area contributed by atoms with Crippen LogP contribution < -0.4 is 0 Å². The maximum absolute atomic E-state index is 11.9. The normalized spacial score (nSPS) is 12.3. The van der Waals surface area contributed by atoms with Crippen LogP contribution in [-0.4, -0.2) is 29.8 Å². The summed E-state index contributed by atoms with van der Waals surface area (Å²) in [5, 5.41) is -0.0243. The molecule has 0 heterocycles. The molecule has 2 nitrogen and oxygen atoms in total. The molecule has 0 aliphatic carbocycles. The van der Waals surface area contributed by atoms with E-state index in [1.165, 1.54) is 0 Å². The van der Waals surface area contributed by atoms with E-state index in [1.54, 1.807) is 11.9 Å². The minimum absolute atomic E-state index is 0.0196. The van der Waals surface area contributed by atoms with Crippen molar-refractivity contribution in [2.45, 2.75) is 19.2 Å². The third-order valence-corrected chi connectivity index (χ3v) is 2.28. The second-order valence-corrected chi connectivity index (χ2v) is 4.58. The Morgan fingerprint density at radius 2 is 2.20 bits per heavy atom. The lowest BCUT2D eigenvalue weighted by Gasteiger charge is -2.18. The molecule has 1 aromatic carbocycles. The van der Waals surface area contributed by atoms with Gasteiger partial charge in [-0.2, -0.15) is 0 Å². The predicted octanol–water partition coefficient (Wildman–Crippen LogP) is 2.69. The maximum atomic E-state index is 11.9. The Kier molecular flexibility index (Phi) is 4.15. The zero-order valence-corrected chi connectivity index (χ0v) is 10.1. The van der Waals surface area contributed by atoms with Crippen molar-refractivity contribution in [2.24, 2.45) is 0 Å². The van der Waals surface area contributed by atoms with Gasteiger partial charge < -0.3 is 4.90 Å². The molecule has 0 aromatic heterocycles. The topological polar surface area (TPSA) is 20.3 Å². The average Bonchev–Trinajstić information content (AvgIpc) is 2.15. The van der Waals surface area contributed by atoms with Crippen molar-refractivity contribution in [3.63, 3.8) is 0 Å². The third kappa shape index (κ3) is 3.56. The van der Waals surface area contributed by atoms with Gasteiger partial charge in [0.25, 0.3) is 5.91 Å². The van der Waals surface area contributed by atoms with Gasteiger partial charge in [0, 0.05) is 24.5 Å². The predicted molar refractivity (Wildman–Crippen MR) is 63.5 cm³/mol. The molecule has 1 aromatic rings. The number of rotatable bonds is 3. The van der Waals surface area contributed by atoms with Gasteiger partial charge in [-0.25, -0.2) is 0 Å². The minimum atomic E-state index is -0.0243. The number of alkyl halides is 1. The highest BCUT2D eigenvalue weighted by atomic mass is 35.5. The molecule has 15 heavy (non-hydrogen) atoms. The Bertz CT molecular complexity index is 349. The third-order valence-electron chi connectivity index (χ3n) is 2.14. The van der Waals surface area contributed by atoms with Crippen LogP contribution in [0.1, 0.15) is 22.8 Å². The summed E-state index contributed by atoms with van der Waals surface area (Å²) in [5.74, 6) is 0.0196. The molecule has 0 bridgehead atoms. The molecule has 1 atom stereocenters. The Morgan fingerprint density at radius 3 is 2.73 bits per heavy atom. The molecule has 0 spiro atoms. The van der Waals surface area contributed by atoms with Crippen LogP contribution in [0, 0.1) is 6.92 Å². The smallest absolute Gasteiger partial charge is 0.253 e. The van der Waals surface area contributed by atoms with Gasteiger partial charge in [-0.15, -0.1) is 11.6 Å². The highest BCUT2D eigenvalue weighted by Gasteiger charge is 2.12. The summed E-state index contributed by atoms with van der Waals surface area (Å²) < 4.78 is 0. The lowest BCUT2D eigenvalue weighted by Crippen LogP contribution is -2.31. The van der Waals surface area contributed by atoms with Gasteiger partial charge in [0.1, 0.15) is 0 Å². The Morgan fingerprint density at radius 1 is 1.53 bits per heavy atom. The summed E-state index contributed by atoms with van der Waals surface area (Å²) in [5.41, 5.74) is 1.81. The zero-order valence-electron chi connectivity index (χ0n) is 9.33. The van der Waals surface area contributed by atoms with E-state index < -0.39 is 0 Å². The number of benzene rings is 1. The number of carbonyl (C=O) groups is 1. The molecule has 0 fully saturated rings. The highest BCUT2D eigenvalue weighted by molar-refractivity contribution is 6.20. The highest BCUT2D eigenvalue weighted by Crippen LogP contribution is 2.08. The van der Waals surface area contributed by atoms with Crippen LogP contribution in [0.4, 0.5) is 0 Å². The summed E-state index contributed by atoms with van der Waals surface area (Å²) in [4.78, 5) is 13.5. The molecule has 1 unspecified atom stereocenters. The summed E-state index contributed by atoms with van der Waals surface area (Å²) in [6.07, 6.45) is 0.